The standard InChI is InChI=1S/C2HF3O2.2Ba.Y.4H/c3-2(4,5)1(6)7;;;;;;;/h(H,6,7);;;;;;;. The Labute approximate surface area is 161 Å². The van der Waals surface area contributed by atoms with Crippen LogP contribution in [0.1, 0.15) is 0 Å². The summed E-state index contributed by atoms with van der Waals surface area (Å²) in [6.07, 6.45) is -5.08. The minimum atomic E-state index is -5.08. The van der Waals surface area contributed by atoms with Gasteiger partial charge in [0.1, 0.15) is 0 Å². The normalized spacial score (nSPS) is 7.90. The van der Waals surface area contributed by atoms with Crippen LogP contribution in [0.25, 0.3) is 0 Å². The van der Waals surface area contributed by atoms with E-state index in [4.69, 9.17) is 9.90 Å². The molecule has 0 fully saturated rings. The predicted octanol–water partition coefficient (Wildman–Crippen LogP) is -1.20. The van der Waals surface area contributed by atoms with Gasteiger partial charge in [0.25, 0.3) is 0 Å². The fourth-order valence-electron chi connectivity index (χ4n) is 0. The first-order chi connectivity index (χ1) is 2.94. The molecule has 0 aromatic carbocycles. The van der Waals surface area contributed by atoms with Gasteiger partial charge in [0.2, 0.25) is 0 Å². The summed E-state index contributed by atoms with van der Waals surface area (Å²) >= 11 is 0. The molecule has 0 aliphatic carbocycles. The quantitative estimate of drug-likeness (QED) is 0.442. The topological polar surface area (TPSA) is 37.3 Å². The summed E-state index contributed by atoms with van der Waals surface area (Å²) in [7, 11) is 0. The molecular formula is C2H5Ba2F3O2Y. The molecule has 0 aromatic heterocycles. The minimum Gasteiger partial charge on any atom is 0 e. The van der Waals surface area contributed by atoms with Crippen molar-refractivity contribution in [2.24, 2.45) is 0 Å². The molecule has 0 aliphatic heterocycles. The molecule has 10 heavy (non-hydrogen) atoms. The van der Waals surface area contributed by atoms with Crippen LogP contribution in [-0.4, -0.2) is 115 Å². The Morgan fingerprint density at radius 1 is 1.20 bits per heavy atom. The van der Waals surface area contributed by atoms with Crippen molar-refractivity contribution >= 4 is 104 Å². The van der Waals surface area contributed by atoms with E-state index in [1.54, 1.807) is 0 Å². The summed E-state index contributed by atoms with van der Waals surface area (Å²) in [6, 6.07) is 0. The minimum absolute atomic E-state index is 0. The number of carboxylic acid groups (broad SMARTS) is 1. The van der Waals surface area contributed by atoms with Crippen LogP contribution in [0, 0.1) is 0 Å². The molecule has 0 rings (SSSR count). The van der Waals surface area contributed by atoms with Crippen LogP contribution in [-0.2, 0) is 37.5 Å². The molecule has 0 spiro atoms. The maximum Gasteiger partial charge on any atom is 0 e. The summed E-state index contributed by atoms with van der Waals surface area (Å²) in [6.45, 7) is 0. The van der Waals surface area contributed by atoms with E-state index < -0.39 is 12.1 Å². The first-order valence-corrected chi connectivity index (χ1v) is 1.24. The van der Waals surface area contributed by atoms with Crippen molar-refractivity contribution in [3.05, 3.63) is 0 Å². The van der Waals surface area contributed by atoms with Crippen molar-refractivity contribution in [2.45, 2.75) is 6.18 Å². The molecular weight excluding hydrogens is 477 g/mol. The Hall–Kier alpha value is 3.51. The maximum absolute atomic E-state index is 10.6. The van der Waals surface area contributed by atoms with Crippen LogP contribution < -0.4 is 0 Å². The average molecular weight is 482 g/mol. The largest absolute Gasteiger partial charge is 0 e. The van der Waals surface area contributed by atoms with E-state index in [2.05, 4.69) is 0 Å². The Morgan fingerprint density at radius 3 is 1.30 bits per heavy atom. The number of rotatable bonds is 0. The fraction of sp³-hybridized carbons (Fsp3) is 0.500. The van der Waals surface area contributed by atoms with E-state index in [1.807, 2.05) is 0 Å². The molecule has 1 radical (unpaired) electrons. The van der Waals surface area contributed by atoms with E-state index in [1.165, 1.54) is 0 Å². The number of carboxylic acids is 1. The van der Waals surface area contributed by atoms with Crippen molar-refractivity contribution in [3.8, 4) is 0 Å². The van der Waals surface area contributed by atoms with Crippen molar-refractivity contribution in [2.75, 3.05) is 0 Å². The van der Waals surface area contributed by atoms with E-state index in [0.717, 1.165) is 0 Å². The molecule has 0 atom stereocenters. The first kappa shape index (κ1) is 23.4. The molecule has 0 bridgehead atoms. The van der Waals surface area contributed by atoms with E-state index in [-0.39, 0.29) is 130 Å². The number of alkyl halides is 3. The van der Waals surface area contributed by atoms with Gasteiger partial charge in [-0.3, -0.25) is 0 Å². The summed E-state index contributed by atoms with van der Waals surface area (Å²) < 4.78 is 31.7. The van der Waals surface area contributed by atoms with Gasteiger partial charge in [-0.25, -0.2) is 4.79 Å². The Morgan fingerprint density at radius 2 is 1.30 bits per heavy atom. The second kappa shape index (κ2) is 10.6. The molecule has 2 nitrogen and oxygen atoms in total. The zero-order valence-corrected chi connectivity index (χ0v) is 6.41. The molecule has 0 aromatic rings. The predicted molar refractivity (Wildman–Crippen MR) is 30.8 cm³/mol. The van der Waals surface area contributed by atoms with Gasteiger partial charge in [0, 0.05) is 32.7 Å². The van der Waals surface area contributed by atoms with Crippen LogP contribution in [0.5, 0.6) is 0 Å². The third kappa shape index (κ3) is 14.1. The summed E-state index contributed by atoms with van der Waals surface area (Å²) in [5, 5.41) is 7.12. The van der Waals surface area contributed by atoms with Gasteiger partial charge in [-0.15, -0.1) is 0 Å². The molecule has 0 amide bonds. The number of aliphatic carboxylic acids is 1. The molecule has 0 unspecified atom stereocenters. The molecule has 0 saturated heterocycles. The van der Waals surface area contributed by atoms with Gasteiger partial charge >= 0.3 is 110 Å². The van der Waals surface area contributed by atoms with Crippen LogP contribution in [0.4, 0.5) is 13.2 Å². The molecule has 0 heterocycles. The smallest absolute Gasteiger partial charge is 0 e. The van der Waals surface area contributed by atoms with Crippen LogP contribution in [0.3, 0.4) is 0 Å². The van der Waals surface area contributed by atoms with E-state index >= 15 is 0 Å². The van der Waals surface area contributed by atoms with Gasteiger partial charge in [0.05, 0.1) is 0 Å². The van der Waals surface area contributed by atoms with Crippen molar-refractivity contribution in [3.63, 3.8) is 0 Å². The number of hydrogen-bond acceptors (Lipinski definition) is 1. The second-order valence-electron chi connectivity index (χ2n) is 0.803. The first-order valence-electron chi connectivity index (χ1n) is 1.24. The monoisotopic (exact) mass is 483 g/mol. The molecule has 8 heteroatoms. The van der Waals surface area contributed by atoms with Crippen molar-refractivity contribution in [1.29, 1.82) is 0 Å². The van der Waals surface area contributed by atoms with Crippen molar-refractivity contribution < 1.29 is 55.8 Å². The summed E-state index contributed by atoms with van der Waals surface area (Å²) in [4.78, 5) is 8.90. The number of hydrogen-bond donors (Lipinski definition) is 1. The third-order valence-electron chi connectivity index (χ3n) is 0.243. The van der Waals surface area contributed by atoms with E-state index in [0.29, 0.717) is 0 Å². The maximum atomic E-state index is 10.6. The zero-order valence-electron chi connectivity index (χ0n) is 3.57. The number of carbonyl (C=O) groups is 1. The van der Waals surface area contributed by atoms with Gasteiger partial charge in [-0.1, -0.05) is 0 Å². The summed E-state index contributed by atoms with van der Waals surface area (Å²) in [5.74, 6) is -2.76. The summed E-state index contributed by atoms with van der Waals surface area (Å²) in [5.41, 5.74) is 0. The number of halogens is 3. The SMILES string of the molecule is O=C(O)C(F)(F)F.[BaH2].[BaH2].[Y]. The third-order valence-corrected chi connectivity index (χ3v) is 0.243. The molecule has 1 N–H and O–H groups in total. The average Bonchev–Trinajstić information content (AvgIpc) is 1.31. The molecule has 0 aliphatic rings. The van der Waals surface area contributed by atoms with Crippen LogP contribution in [0.15, 0.2) is 0 Å². The molecule has 0 saturated carbocycles. The van der Waals surface area contributed by atoms with E-state index in [9.17, 15) is 13.2 Å². The Balaban J connectivity index is -0.0000000600. The molecule has 53 valence electrons. The zero-order chi connectivity index (χ0) is 6.08. The van der Waals surface area contributed by atoms with Crippen LogP contribution >= 0.6 is 0 Å². The van der Waals surface area contributed by atoms with Crippen LogP contribution in [0.2, 0.25) is 0 Å². The fourth-order valence-corrected chi connectivity index (χ4v) is 0. The van der Waals surface area contributed by atoms with Gasteiger partial charge in [-0.2, -0.15) is 13.2 Å². The van der Waals surface area contributed by atoms with Crippen molar-refractivity contribution in [1.82, 2.24) is 0 Å². The van der Waals surface area contributed by atoms with Gasteiger partial charge in [-0.05, 0) is 0 Å². The second-order valence-corrected chi connectivity index (χ2v) is 0.803. The van der Waals surface area contributed by atoms with Gasteiger partial charge < -0.3 is 5.11 Å². The Kier molecular flexibility index (Phi) is 24.7. The van der Waals surface area contributed by atoms with Gasteiger partial charge in [0.15, 0.2) is 0 Å². The Bertz CT molecular complexity index is 95.0.